The zero-order chi connectivity index (χ0) is 21.9. The Hall–Kier alpha value is -2.52. The summed E-state index contributed by atoms with van der Waals surface area (Å²) < 4.78 is 6.65. The number of hydrogen-bond acceptors (Lipinski definition) is 7. The van der Waals surface area contributed by atoms with Crippen LogP contribution in [0.25, 0.3) is 10.2 Å². The lowest BCUT2D eigenvalue weighted by Crippen LogP contribution is -2.45. The van der Waals surface area contributed by atoms with Crippen LogP contribution in [0.15, 0.2) is 18.2 Å². The van der Waals surface area contributed by atoms with Crippen molar-refractivity contribution < 1.29 is 24.2 Å². The molecular formula is C21H27N3O5S. The molecule has 0 bridgehead atoms. The minimum Gasteiger partial charge on any atom is -0.483 e. The van der Waals surface area contributed by atoms with Gasteiger partial charge >= 0.3 is 5.97 Å². The number of ether oxygens (including phenoxy) is 1. The fraction of sp³-hybridized carbons (Fsp3) is 0.524. The maximum Gasteiger partial charge on any atom is 0.312 e. The van der Waals surface area contributed by atoms with E-state index in [1.807, 2.05) is 49.0 Å². The second-order valence-corrected chi connectivity index (χ2v) is 9.32. The van der Waals surface area contributed by atoms with Gasteiger partial charge in [0.1, 0.15) is 6.10 Å². The maximum absolute atomic E-state index is 12.9. The summed E-state index contributed by atoms with van der Waals surface area (Å²) in [5.74, 6) is -0.0444. The summed E-state index contributed by atoms with van der Waals surface area (Å²) in [7, 11) is 3.98. The van der Waals surface area contributed by atoms with E-state index in [1.165, 1.54) is 0 Å². The third-order valence-electron chi connectivity index (χ3n) is 5.64. The van der Waals surface area contributed by atoms with Crippen molar-refractivity contribution in [2.45, 2.75) is 32.3 Å². The summed E-state index contributed by atoms with van der Waals surface area (Å²) in [6.07, 6.45) is 2.09. The van der Waals surface area contributed by atoms with E-state index < -0.39 is 5.41 Å². The summed E-state index contributed by atoms with van der Waals surface area (Å²) >= 11 is 1.60. The molecule has 8 nitrogen and oxygen atoms in total. The predicted octanol–water partition coefficient (Wildman–Crippen LogP) is 2.41. The number of cyclic esters (lactones) is 1. The van der Waals surface area contributed by atoms with E-state index in [-0.39, 0.29) is 24.5 Å². The highest BCUT2D eigenvalue weighted by atomic mass is 32.1. The molecule has 1 spiro atoms. The molecule has 0 radical (unpaired) electrons. The first-order valence-electron chi connectivity index (χ1n) is 9.88. The van der Waals surface area contributed by atoms with Crippen molar-refractivity contribution >= 4 is 39.9 Å². The van der Waals surface area contributed by atoms with Gasteiger partial charge < -0.3 is 19.6 Å². The highest BCUT2D eigenvalue weighted by Crippen LogP contribution is 2.43. The first-order chi connectivity index (χ1) is 14.3. The molecule has 0 saturated carbocycles. The van der Waals surface area contributed by atoms with Crippen LogP contribution >= 0.6 is 11.3 Å². The minimum atomic E-state index is -0.407. The van der Waals surface area contributed by atoms with Gasteiger partial charge in [0.15, 0.2) is 0 Å². The van der Waals surface area contributed by atoms with Gasteiger partial charge in [-0.05, 0) is 52.1 Å². The van der Waals surface area contributed by atoms with Gasteiger partial charge in [0, 0.05) is 31.6 Å². The lowest BCUT2D eigenvalue weighted by Gasteiger charge is -2.36. The average molecular weight is 434 g/mol. The SMILES string of the molecule is Cc1nc2ccc(C(=O)N3CCC4(CC3)CC(CN(C)C)OC4=O)cc2s1.O=CO. The van der Waals surface area contributed by atoms with Gasteiger partial charge in [0.2, 0.25) is 0 Å². The number of fused-ring (bicyclic) bond motifs is 1. The van der Waals surface area contributed by atoms with Gasteiger partial charge in [-0.1, -0.05) is 0 Å². The third-order valence-corrected chi connectivity index (χ3v) is 6.58. The van der Waals surface area contributed by atoms with E-state index in [4.69, 9.17) is 14.6 Å². The van der Waals surface area contributed by atoms with Crippen molar-refractivity contribution in [1.29, 1.82) is 0 Å². The fourth-order valence-corrected chi connectivity index (χ4v) is 5.11. The zero-order valence-corrected chi connectivity index (χ0v) is 18.3. The van der Waals surface area contributed by atoms with Crippen LogP contribution in [0.5, 0.6) is 0 Å². The van der Waals surface area contributed by atoms with Crippen molar-refractivity contribution in [3.8, 4) is 0 Å². The smallest absolute Gasteiger partial charge is 0.312 e. The van der Waals surface area contributed by atoms with E-state index in [9.17, 15) is 9.59 Å². The predicted molar refractivity (Wildman–Crippen MR) is 114 cm³/mol. The number of likely N-dealkylation sites (N-methyl/N-ethyl adjacent to an activating group) is 1. The Morgan fingerprint density at radius 1 is 1.40 bits per heavy atom. The summed E-state index contributed by atoms with van der Waals surface area (Å²) in [4.78, 5) is 42.1. The molecule has 2 fully saturated rings. The number of likely N-dealkylation sites (tertiary alicyclic amines) is 1. The van der Waals surface area contributed by atoms with Crippen molar-refractivity contribution in [2.75, 3.05) is 33.7 Å². The van der Waals surface area contributed by atoms with Gasteiger partial charge in [-0.2, -0.15) is 0 Å². The normalized spacial score (nSPS) is 20.2. The van der Waals surface area contributed by atoms with E-state index in [1.54, 1.807) is 11.3 Å². The Kier molecular flexibility index (Phi) is 6.72. The van der Waals surface area contributed by atoms with Gasteiger partial charge in [-0.15, -0.1) is 11.3 Å². The first-order valence-corrected chi connectivity index (χ1v) is 10.7. The van der Waals surface area contributed by atoms with Crippen LogP contribution in [-0.2, 0) is 14.3 Å². The molecule has 2 aromatic rings. The van der Waals surface area contributed by atoms with Crippen LogP contribution in [0.2, 0.25) is 0 Å². The summed E-state index contributed by atoms with van der Waals surface area (Å²) in [6.45, 7) is 3.68. The molecule has 9 heteroatoms. The Labute approximate surface area is 179 Å². The maximum atomic E-state index is 12.9. The monoisotopic (exact) mass is 433 g/mol. The van der Waals surface area contributed by atoms with E-state index in [0.717, 1.165) is 28.2 Å². The highest BCUT2D eigenvalue weighted by molar-refractivity contribution is 7.18. The lowest BCUT2D eigenvalue weighted by molar-refractivity contribution is -0.150. The number of rotatable bonds is 3. The van der Waals surface area contributed by atoms with Crippen molar-refractivity contribution in [3.63, 3.8) is 0 Å². The molecule has 2 saturated heterocycles. The number of carbonyl (C=O) groups excluding carboxylic acids is 2. The molecule has 1 aromatic heterocycles. The van der Waals surface area contributed by atoms with E-state index in [2.05, 4.69) is 4.98 Å². The Bertz CT molecular complexity index is 934. The molecule has 1 atom stereocenters. The van der Waals surface area contributed by atoms with Crippen LogP contribution < -0.4 is 0 Å². The fourth-order valence-electron chi connectivity index (χ4n) is 4.25. The second-order valence-electron chi connectivity index (χ2n) is 8.09. The standard InChI is InChI=1S/C20H25N3O3S.CH2O2/c1-13-21-16-5-4-14(10-17(16)27-13)18(24)23-8-6-20(7-9-23)11-15(12-22(2)3)26-19(20)25;2-1-3/h4-5,10,15H,6-9,11-12H2,1-3H3;1H,(H,2,3). The molecule has 162 valence electrons. The number of piperidine rings is 1. The Balaban J connectivity index is 0.000000806. The molecule has 4 rings (SSSR count). The van der Waals surface area contributed by atoms with Gasteiger partial charge in [0.05, 0.1) is 20.6 Å². The van der Waals surface area contributed by atoms with Crippen molar-refractivity contribution in [1.82, 2.24) is 14.8 Å². The topological polar surface area (TPSA) is 100 Å². The highest BCUT2D eigenvalue weighted by Gasteiger charge is 2.50. The number of aryl methyl sites for hydroxylation is 1. The molecule has 2 aliphatic rings. The number of benzene rings is 1. The lowest BCUT2D eigenvalue weighted by atomic mass is 9.76. The van der Waals surface area contributed by atoms with E-state index in [0.29, 0.717) is 31.5 Å². The number of amides is 1. The number of esters is 1. The molecule has 1 aromatic carbocycles. The second kappa shape index (κ2) is 9.09. The molecular weight excluding hydrogens is 406 g/mol. The van der Waals surface area contributed by atoms with Gasteiger partial charge in [-0.3, -0.25) is 14.4 Å². The van der Waals surface area contributed by atoms with Gasteiger partial charge in [0.25, 0.3) is 12.4 Å². The molecule has 30 heavy (non-hydrogen) atoms. The minimum absolute atomic E-state index is 0.0354. The Morgan fingerprint density at radius 3 is 2.70 bits per heavy atom. The number of carboxylic acid groups (broad SMARTS) is 1. The Morgan fingerprint density at radius 2 is 2.07 bits per heavy atom. The molecule has 0 aliphatic carbocycles. The number of nitrogens with zero attached hydrogens (tertiary/aromatic N) is 3. The summed E-state index contributed by atoms with van der Waals surface area (Å²) in [6, 6.07) is 5.70. The summed E-state index contributed by atoms with van der Waals surface area (Å²) in [5.41, 5.74) is 1.23. The number of hydrogen-bond donors (Lipinski definition) is 1. The van der Waals surface area contributed by atoms with Crippen LogP contribution in [0.4, 0.5) is 0 Å². The van der Waals surface area contributed by atoms with Crippen LogP contribution in [0, 0.1) is 12.3 Å². The number of aromatic nitrogens is 1. The summed E-state index contributed by atoms with van der Waals surface area (Å²) in [5, 5.41) is 7.89. The molecule has 2 aliphatic heterocycles. The van der Waals surface area contributed by atoms with Crippen LogP contribution in [-0.4, -0.2) is 78.1 Å². The van der Waals surface area contributed by atoms with Crippen LogP contribution in [0.1, 0.15) is 34.6 Å². The van der Waals surface area contributed by atoms with Crippen molar-refractivity contribution in [2.24, 2.45) is 5.41 Å². The van der Waals surface area contributed by atoms with Crippen molar-refractivity contribution in [3.05, 3.63) is 28.8 Å². The molecule has 3 heterocycles. The zero-order valence-electron chi connectivity index (χ0n) is 17.5. The first kappa shape index (κ1) is 22.2. The quantitative estimate of drug-likeness (QED) is 0.586. The number of thiazole rings is 1. The van der Waals surface area contributed by atoms with E-state index >= 15 is 0 Å². The largest absolute Gasteiger partial charge is 0.483 e. The average Bonchev–Trinajstić information content (AvgIpc) is 3.20. The third kappa shape index (κ3) is 4.62. The number of carbonyl (C=O) groups is 3. The van der Waals surface area contributed by atoms with Gasteiger partial charge in [-0.25, -0.2) is 4.98 Å². The van der Waals surface area contributed by atoms with Crippen LogP contribution in [0.3, 0.4) is 0 Å². The molecule has 1 N–H and O–H groups in total. The molecule has 1 unspecified atom stereocenters. The molecule has 1 amide bonds.